The maximum atomic E-state index is 4.10. The molecular weight excluding hydrogens is 296 g/mol. The molecule has 1 heterocycles. The van der Waals surface area contributed by atoms with Crippen LogP contribution in [-0.2, 0) is 0 Å². The summed E-state index contributed by atoms with van der Waals surface area (Å²) in [5.41, 5.74) is 2.33. The first-order valence-corrected chi connectivity index (χ1v) is 9.80. The number of benzene rings is 1. The standard InChI is InChI=1S/C20H30N4/c1-2-4-15(5-3-1)13-21-17-6-8-18(9-7-17)23-19-10-11-20-16(12-19)14-22-24-20/h10-12,14-15,17-18,21,23H,1-9,13H2,(H,22,24)/t17-,18+. The van der Waals surface area contributed by atoms with E-state index >= 15 is 0 Å². The lowest BCUT2D eigenvalue weighted by Gasteiger charge is -2.32. The minimum atomic E-state index is 0.613. The molecule has 0 spiro atoms. The van der Waals surface area contributed by atoms with E-state index < -0.39 is 0 Å². The number of nitrogens with one attached hydrogen (secondary N) is 3. The Kier molecular flexibility index (Phi) is 5.02. The van der Waals surface area contributed by atoms with E-state index in [4.69, 9.17) is 0 Å². The Bertz CT molecular complexity index is 636. The zero-order valence-corrected chi connectivity index (χ0v) is 14.6. The number of hydrogen-bond acceptors (Lipinski definition) is 3. The number of aromatic amines is 1. The van der Waals surface area contributed by atoms with E-state index in [0.717, 1.165) is 17.5 Å². The zero-order chi connectivity index (χ0) is 16.2. The van der Waals surface area contributed by atoms with Gasteiger partial charge in [-0.1, -0.05) is 19.3 Å². The molecule has 1 aromatic heterocycles. The molecule has 0 amide bonds. The monoisotopic (exact) mass is 326 g/mol. The number of hydrogen-bond donors (Lipinski definition) is 3. The molecule has 130 valence electrons. The molecule has 2 aromatic rings. The summed E-state index contributed by atoms with van der Waals surface area (Å²) in [4.78, 5) is 0. The average Bonchev–Trinajstić information content (AvgIpc) is 3.10. The van der Waals surface area contributed by atoms with Gasteiger partial charge >= 0.3 is 0 Å². The normalized spacial score (nSPS) is 25.8. The van der Waals surface area contributed by atoms with Crippen LogP contribution in [0.3, 0.4) is 0 Å². The van der Waals surface area contributed by atoms with Gasteiger partial charge in [0.15, 0.2) is 0 Å². The van der Waals surface area contributed by atoms with Crippen LogP contribution in [0.5, 0.6) is 0 Å². The number of H-pyrrole nitrogens is 1. The Morgan fingerprint density at radius 1 is 0.958 bits per heavy atom. The number of anilines is 1. The van der Waals surface area contributed by atoms with E-state index in [2.05, 4.69) is 39.0 Å². The molecular formula is C20H30N4. The Hall–Kier alpha value is -1.55. The van der Waals surface area contributed by atoms with Gasteiger partial charge in [0.1, 0.15) is 0 Å². The largest absolute Gasteiger partial charge is 0.382 e. The van der Waals surface area contributed by atoms with Crippen LogP contribution >= 0.6 is 0 Å². The van der Waals surface area contributed by atoms with E-state index in [0.29, 0.717) is 6.04 Å². The SMILES string of the molecule is c1cc2[nH]ncc2cc1N[C@H]1CC[C@@H](NCC2CCCCC2)CC1. The topological polar surface area (TPSA) is 52.7 Å². The van der Waals surface area contributed by atoms with Crippen molar-refractivity contribution in [3.63, 3.8) is 0 Å². The molecule has 2 aliphatic carbocycles. The van der Waals surface area contributed by atoms with Gasteiger partial charge in [-0.2, -0.15) is 5.10 Å². The highest BCUT2D eigenvalue weighted by Crippen LogP contribution is 2.26. The molecule has 0 atom stereocenters. The second-order valence-electron chi connectivity index (χ2n) is 7.78. The van der Waals surface area contributed by atoms with Gasteiger partial charge in [0, 0.05) is 23.2 Å². The van der Waals surface area contributed by atoms with E-state index in [1.165, 1.54) is 75.4 Å². The summed E-state index contributed by atoms with van der Waals surface area (Å²) in [5.74, 6) is 0.941. The van der Waals surface area contributed by atoms with Crippen LogP contribution in [0.15, 0.2) is 24.4 Å². The Balaban J connectivity index is 1.22. The lowest BCUT2D eigenvalue weighted by atomic mass is 9.87. The molecule has 4 nitrogen and oxygen atoms in total. The quantitative estimate of drug-likeness (QED) is 0.760. The van der Waals surface area contributed by atoms with Crippen molar-refractivity contribution in [3.8, 4) is 0 Å². The molecule has 3 N–H and O–H groups in total. The van der Waals surface area contributed by atoms with Gasteiger partial charge in [0.2, 0.25) is 0 Å². The summed E-state index contributed by atoms with van der Waals surface area (Å²) < 4.78 is 0. The minimum Gasteiger partial charge on any atom is -0.382 e. The molecule has 0 unspecified atom stereocenters. The predicted octanol–water partition coefficient (Wildman–Crippen LogP) is 4.46. The highest BCUT2D eigenvalue weighted by molar-refractivity contribution is 5.81. The fraction of sp³-hybridized carbons (Fsp3) is 0.650. The fourth-order valence-corrected chi connectivity index (χ4v) is 4.43. The highest BCUT2D eigenvalue weighted by Gasteiger charge is 2.22. The van der Waals surface area contributed by atoms with Crippen molar-refractivity contribution in [2.75, 3.05) is 11.9 Å². The summed E-state index contributed by atoms with van der Waals surface area (Å²) in [6, 6.07) is 7.82. The third-order valence-electron chi connectivity index (χ3n) is 5.96. The Morgan fingerprint density at radius 2 is 1.75 bits per heavy atom. The van der Waals surface area contributed by atoms with E-state index in [1.54, 1.807) is 0 Å². The maximum absolute atomic E-state index is 4.10. The van der Waals surface area contributed by atoms with Crippen molar-refractivity contribution in [1.82, 2.24) is 15.5 Å². The molecule has 0 aliphatic heterocycles. The van der Waals surface area contributed by atoms with Gasteiger partial charge in [0.25, 0.3) is 0 Å². The predicted molar refractivity (Wildman–Crippen MR) is 100 cm³/mol. The van der Waals surface area contributed by atoms with Crippen LogP contribution in [0.4, 0.5) is 5.69 Å². The number of nitrogens with zero attached hydrogens (tertiary/aromatic N) is 1. The number of fused-ring (bicyclic) bond motifs is 1. The summed E-state index contributed by atoms with van der Waals surface area (Å²) in [5, 5.41) is 15.9. The summed E-state index contributed by atoms with van der Waals surface area (Å²) in [7, 11) is 0. The van der Waals surface area contributed by atoms with Crippen molar-refractivity contribution in [2.24, 2.45) is 5.92 Å². The molecule has 4 rings (SSSR count). The van der Waals surface area contributed by atoms with E-state index in [-0.39, 0.29) is 0 Å². The van der Waals surface area contributed by atoms with Crippen LogP contribution in [0.25, 0.3) is 10.9 Å². The van der Waals surface area contributed by atoms with Crippen LogP contribution in [0, 0.1) is 5.92 Å². The lowest BCUT2D eigenvalue weighted by Crippen LogP contribution is -2.39. The molecule has 4 heteroatoms. The van der Waals surface area contributed by atoms with Crippen molar-refractivity contribution in [1.29, 1.82) is 0 Å². The van der Waals surface area contributed by atoms with Crippen LogP contribution in [-0.4, -0.2) is 28.8 Å². The van der Waals surface area contributed by atoms with Crippen molar-refractivity contribution < 1.29 is 0 Å². The molecule has 2 aliphatic rings. The van der Waals surface area contributed by atoms with Gasteiger partial charge in [0.05, 0.1) is 11.7 Å². The Morgan fingerprint density at radius 3 is 2.58 bits per heavy atom. The van der Waals surface area contributed by atoms with Crippen molar-refractivity contribution >= 4 is 16.6 Å². The summed E-state index contributed by atoms with van der Waals surface area (Å²) in [6.07, 6.45) is 14.3. The summed E-state index contributed by atoms with van der Waals surface area (Å²) >= 11 is 0. The smallest absolute Gasteiger partial charge is 0.0651 e. The lowest BCUT2D eigenvalue weighted by molar-refractivity contribution is 0.294. The van der Waals surface area contributed by atoms with Crippen LogP contribution < -0.4 is 10.6 Å². The zero-order valence-electron chi connectivity index (χ0n) is 14.6. The molecule has 2 saturated carbocycles. The molecule has 0 bridgehead atoms. The number of aromatic nitrogens is 2. The molecule has 2 fully saturated rings. The van der Waals surface area contributed by atoms with Crippen LogP contribution in [0.2, 0.25) is 0 Å². The van der Waals surface area contributed by atoms with Crippen LogP contribution in [0.1, 0.15) is 57.8 Å². The van der Waals surface area contributed by atoms with Gasteiger partial charge in [-0.05, 0) is 69.2 Å². The second-order valence-corrected chi connectivity index (χ2v) is 7.78. The van der Waals surface area contributed by atoms with E-state index in [9.17, 15) is 0 Å². The second kappa shape index (κ2) is 7.56. The first kappa shape index (κ1) is 15.9. The van der Waals surface area contributed by atoms with Crippen molar-refractivity contribution in [3.05, 3.63) is 24.4 Å². The molecule has 0 saturated heterocycles. The molecule has 1 aromatic carbocycles. The van der Waals surface area contributed by atoms with Gasteiger partial charge in [-0.3, -0.25) is 5.10 Å². The highest BCUT2D eigenvalue weighted by atomic mass is 15.1. The average molecular weight is 326 g/mol. The molecule has 0 radical (unpaired) electrons. The molecule has 24 heavy (non-hydrogen) atoms. The third kappa shape index (κ3) is 3.92. The van der Waals surface area contributed by atoms with Gasteiger partial charge in [-0.25, -0.2) is 0 Å². The number of rotatable bonds is 5. The van der Waals surface area contributed by atoms with Gasteiger partial charge < -0.3 is 10.6 Å². The minimum absolute atomic E-state index is 0.613. The first-order valence-electron chi connectivity index (χ1n) is 9.80. The third-order valence-corrected chi connectivity index (χ3v) is 5.96. The maximum Gasteiger partial charge on any atom is 0.0651 e. The van der Waals surface area contributed by atoms with Crippen molar-refractivity contribution in [2.45, 2.75) is 69.9 Å². The van der Waals surface area contributed by atoms with E-state index in [1.807, 2.05) is 6.20 Å². The fourth-order valence-electron chi connectivity index (χ4n) is 4.43. The summed E-state index contributed by atoms with van der Waals surface area (Å²) in [6.45, 7) is 1.25. The van der Waals surface area contributed by atoms with Gasteiger partial charge in [-0.15, -0.1) is 0 Å². The first-order chi connectivity index (χ1) is 11.9. The Labute approximate surface area is 144 Å².